The molecule has 0 aliphatic carbocycles. The van der Waals surface area contributed by atoms with Crippen LogP contribution < -0.4 is 10.6 Å². The van der Waals surface area contributed by atoms with Gasteiger partial charge in [-0.2, -0.15) is 0 Å². The molecule has 0 radical (unpaired) electrons. The van der Waals surface area contributed by atoms with Gasteiger partial charge in [-0.1, -0.05) is 30.3 Å². The van der Waals surface area contributed by atoms with Crippen molar-refractivity contribution < 1.29 is 19.1 Å². The number of carbonyl (C=O) groups excluding carboxylic acids is 2. The third kappa shape index (κ3) is 6.71. The monoisotopic (exact) mass is 373 g/mol. The average molecular weight is 373 g/mol. The van der Waals surface area contributed by atoms with E-state index in [9.17, 15) is 14.0 Å². The summed E-state index contributed by atoms with van der Waals surface area (Å²) in [5, 5.41) is 14.1. The highest BCUT2D eigenvalue weighted by Crippen LogP contribution is 2.20. The maximum atomic E-state index is 13.8. The minimum absolute atomic E-state index is 0.00944. The SMILES string of the molecule is CC(=O)Nc1cc(NC(=O)N(CCCCO)Cc2ccccc2)ccc1F. The summed E-state index contributed by atoms with van der Waals surface area (Å²) in [6.45, 7) is 2.24. The van der Waals surface area contributed by atoms with Gasteiger partial charge in [0.25, 0.3) is 0 Å². The van der Waals surface area contributed by atoms with Crippen molar-refractivity contribution >= 4 is 23.3 Å². The Morgan fingerprint density at radius 2 is 1.81 bits per heavy atom. The fourth-order valence-electron chi connectivity index (χ4n) is 2.56. The highest BCUT2D eigenvalue weighted by Gasteiger charge is 2.15. The van der Waals surface area contributed by atoms with Crippen LogP contribution in [0.25, 0.3) is 0 Å². The first-order valence-corrected chi connectivity index (χ1v) is 8.77. The van der Waals surface area contributed by atoms with Crippen LogP contribution in [0.1, 0.15) is 25.3 Å². The fraction of sp³-hybridized carbons (Fsp3) is 0.300. The molecule has 0 atom stereocenters. The number of halogens is 1. The van der Waals surface area contributed by atoms with E-state index in [1.54, 1.807) is 4.90 Å². The molecule has 6 nitrogen and oxygen atoms in total. The van der Waals surface area contributed by atoms with Crippen LogP contribution in [0.3, 0.4) is 0 Å². The summed E-state index contributed by atoms with van der Waals surface area (Å²) >= 11 is 0. The van der Waals surface area contributed by atoms with Crippen LogP contribution in [-0.4, -0.2) is 35.1 Å². The van der Waals surface area contributed by atoms with E-state index in [1.807, 2.05) is 30.3 Å². The third-order valence-corrected chi connectivity index (χ3v) is 3.87. The minimum Gasteiger partial charge on any atom is -0.396 e. The number of hydrogen-bond donors (Lipinski definition) is 3. The van der Waals surface area contributed by atoms with Gasteiger partial charge in [-0.3, -0.25) is 4.79 Å². The third-order valence-electron chi connectivity index (χ3n) is 3.87. The normalized spacial score (nSPS) is 10.3. The van der Waals surface area contributed by atoms with Crippen molar-refractivity contribution in [1.82, 2.24) is 4.90 Å². The highest BCUT2D eigenvalue weighted by atomic mass is 19.1. The number of hydrogen-bond acceptors (Lipinski definition) is 3. The summed E-state index contributed by atoms with van der Waals surface area (Å²) in [4.78, 5) is 25.5. The van der Waals surface area contributed by atoms with Crippen LogP contribution in [0.5, 0.6) is 0 Å². The molecule has 0 heterocycles. The Morgan fingerprint density at radius 1 is 1.07 bits per heavy atom. The minimum atomic E-state index is -0.577. The second kappa shape index (κ2) is 10.3. The maximum absolute atomic E-state index is 13.8. The number of benzene rings is 2. The van der Waals surface area contributed by atoms with Crippen molar-refractivity contribution in [2.24, 2.45) is 0 Å². The quantitative estimate of drug-likeness (QED) is 0.619. The molecule has 144 valence electrons. The first-order valence-electron chi connectivity index (χ1n) is 8.77. The summed E-state index contributed by atoms with van der Waals surface area (Å²) in [6.07, 6.45) is 1.26. The molecule has 3 amide bonds. The number of aliphatic hydroxyl groups excluding tert-OH is 1. The summed E-state index contributed by atoms with van der Waals surface area (Å²) in [6, 6.07) is 13.2. The Morgan fingerprint density at radius 3 is 2.48 bits per heavy atom. The Kier molecular flexibility index (Phi) is 7.76. The van der Waals surface area contributed by atoms with E-state index in [0.29, 0.717) is 31.6 Å². The molecule has 0 unspecified atom stereocenters. The van der Waals surface area contributed by atoms with E-state index < -0.39 is 11.7 Å². The summed E-state index contributed by atoms with van der Waals surface area (Å²) in [5.74, 6) is -0.973. The van der Waals surface area contributed by atoms with Gasteiger partial charge in [-0.05, 0) is 36.6 Å². The van der Waals surface area contributed by atoms with Gasteiger partial charge in [0.05, 0.1) is 5.69 Å². The summed E-state index contributed by atoms with van der Waals surface area (Å²) in [7, 11) is 0. The second-order valence-corrected chi connectivity index (χ2v) is 6.14. The lowest BCUT2D eigenvalue weighted by atomic mass is 10.2. The molecule has 0 fully saturated rings. The first-order chi connectivity index (χ1) is 13.0. The molecule has 0 aromatic heterocycles. The van der Waals surface area contributed by atoms with Crippen molar-refractivity contribution in [3.05, 3.63) is 59.9 Å². The Bertz CT molecular complexity index is 768. The van der Waals surface area contributed by atoms with Crippen molar-refractivity contribution in [3.63, 3.8) is 0 Å². The Hall–Kier alpha value is -2.93. The van der Waals surface area contributed by atoms with Crippen molar-refractivity contribution in [3.8, 4) is 0 Å². The topological polar surface area (TPSA) is 81.7 Å². The molecule has 2 rings (SSSR count). The zero-order chi connectivity index (χ0) is 19.6. The number of nitrogens with one attached hydrogen (secondary N) is 2. The number of rotatable bonds is 8. The first kappa shape index (κ1) is 20.4. The molecule has 2 aromatic rings. The fourth-order valence-corrected chi connectivity index (χ4v) is 2.56. The molecule has 0 aliphatic rings. The molecular weight excluding hydrogens is 349 g/mol. The highest BCUT2D eigenvalue weighted by molar-refractivity contribution is 5.92. The van der Waals surface area contributed by atoms with Crippen LogP contribution in [0.4, 0.5) is 20.6 Å². The van der Waals surface area contributed by atoms with Crippen molar-refractivity contribution in [1.29, 1.82) is 0 Å². The predicted octanol–water partition coefficient (Wildman–Crippen LogP) is 3.59. The van der Waals surface area contributed by atoms with E-state index >= 15 is 0 Å². The Labute approximate surface area is 158 Å². The second-order valence-electron chi connectivity index (χ2n) is 6.14. The molecule has 0 saturated heterocycles. The lowest BCUT2D eigenvalue weighted by Crippen LogP contribution is -2.35. The molecule has 27 heavy (non-hydrogen) atoms. The van der Waals surface area contributed by atoms with Gasteiger partial charge in [-0.25, -0.2) is 9.18 Å². The smallest absolute Gasteiger partial charge is 0.322 e. The molecule has 0 bridgehead atoms. The zero-order valence-electron chi connectivity index (χ0n) is 15.2. The van der Waals surface area contributed by atoms with E-state index in [1.165, 1.54) is 25.1 Å². The molecule has 7 heteroatoms. The van der Waals surface area contributed by atoms with Gasteiger partial charge < -0.3 is 20.6 Å². The molecule has 0 spiro atoms. The van der Waals surface area contributed by atoms with Gasteiger partial charge in [0.1, 0.15) is 5.82 Å². The Balaban J connectivity index is 2.10. The van der Waals surface area contributed by atoms with Crippen molar-refractivity contribution in [2.75, 3.05) is 23.8 Å². The average Bonchev–Trinajstić information content (AvgIpc) is 2.64. The number of amides is 3. The molecular formula is C20H24FN3O3. The standard InChI is InChI=1S/C20H24FN3O3/c1-15(26)22-19-13-17(9-10-18(19)21)23-20(27)24(11-5-6-12-25)14-16-7-3-2-4-8-16/h2-4,7-10,13,25H,5-6,11-12,14H2,1H3,(H,22,26)(H,23,27). The number of urea groups is 1. The van der Waals surface area contributed by atoms with Crippen LogP contribution in [0.2, 0.25) is 0 Å². The molecule has 3 N–H and O–H groups in total. The van der Waals surface area contributed by atoms with E-state index in [4.69, 9.17) is 5.11 Å². The van der Waals surface area contributed by atoms with Crippen molar-refractivity contribution in [2.45, 2.75) is 26.3 Å². The van der Waals surface area contributed by atoms with Crippen LogP contribution in [0, 0.1) is 5.82 Å². The van der Waals surface area contributed by atoms with Crippen LogP contribution >= 0.6 is 0 Å². The van der Waals surface area contributed by atoms with Gasteiger partial charge in [0.2, 0.25) is 5.91 Å². The maximum Gasteiger partial charge on any atom is 0.322 e. The number of unbranched alkanes of at least 4 members (excludes halogenated alkanes) is 1. The predicted molar refractivity (Wildman–Crippen MR) is 103 cm³/mol. The number of nitrogens with zero attached hydrogens (tertiary/aromatic N) is 1. The lowest BCUT2D eigenvalue weighted by Gasteiger charge is -2.23. The number of carbonyl (C=O) groups is 2. The van der Waals surface area contributed by atoms with E-state index in [-0.39, 0.29) is 18.3 Å². The van der Waals surface area contributed by atoms with E-state index in [2.05, 4.69) is 10.6 Å². The summed E-state index contributed by atoms with van der Waals surface area (Å²) in [5.41, 5.74) is 1.37. The molecule has 0 aliphatic heterocycles. The largest absolute Gasteiger partial charge is 0.396 e. The summed E-state index contributed by atoms with van der Waals surface area (Å²) < 4.78 is 13.8. The van der Waals surface area contributed by atoms with Gasteiger partial charge in [0, 0.05) is 32.3 Å². The van der Waals surface area contributed by atoms with Gasteiger partial charge in [0.15, 0.2) is 0 Å². The molecule has 2 aromatic carbocycles. The van der Waals surface area contributed by atoms with Crippen LogP contribution in [0.15, 0.2) is 48.5 Å². The van der Waals surface area contributed by atoms with Gasteiger partial charge in [-0.15, -0.1) is 0 Å². The van der Waals surface area contributed by atoms with E-state index in [0.717, 1.165) is 5.56 Å². The number of anilines is 2. The number of aliphatic hydroxyl groups is 1. The zero-order valence-corrected chi connectivity index (χ0v) is 15.2. The lowest BCUT2D eigenvalue weighted by molar-refractivity contribution is -0.114. The van der Waals surface area contributed by atoms with Crippen LogP contribution in [-0.2, 0) is 11.3 Å². The molecule has 0 saturated carbocycles. The van der Waals surface area contributed by atoms with Gasteiger partial charge >= 0.3 is 6.03 Å².